The zero-order valence-electron chi connectivity index (χ0n) is 10.6. The number of hydrogen-bond donors (Lipinski definition) is 2. The van der Waals surface area contributed by atoms with Crippen molar-refractivity contribution >= 4 is 5.91 Å². The summed E-state index contributed by atoms with van der Waals surface area (Å²) < 4.78 is 0. The Morgan fingerprint density at radius 1 is 1.40 bits per heavy atom. The van der Waals surface area contributed by atoms with Gasteiger partial charge < -0.3 is 11.1 Å². The molecule has 3 N–H and O–H groups in total. The van der Waals surface area contributed by atoms with Gasteiger partial charge in [0.1, 0.15) is 0 Å². The van der Waals surface area contributed by atoms with Crippen molar-refractivity contribution in [3.63, 3.8) is 0 Å². The molecule has 0 aliphatic carbocycles. The molecule has 1 amide bonds. The Labute approximate surface area is 93.8 Å². The zero-order valence-corrected chi connectivity index (χ0v) is 10.6. The van der Waals surface area contributed by atoms with E-state index >= 15 is 0 Å². The lowest BCUT2D eigenvalue weighted by molar-refractivity contribution is -0.122. The summed E-state index contributed by atoms with van der Waals surface area (Å²) in [6.45, 7) is 9.31. The number of unbranched alkanes of at least 4 members (excludes halogenated alkanes) is 1. The van der Waals surface area contributed by atoms with Crippen molar-refractivity contribution in [1.82, 2.24) is 5.32 Å². The number of carbonyl (C=O) groups is 1. The van der Waals surface area contributed by atoms with Crippen LogP contribution in [0, 0.1) is 5.41 Å². The van der Waals surface area contributed by atoms with Crippen LogP contribution in [0.15, 0.2) is 0 Å². The Morgan fingerprint density at radius 2 is 2.00 bits per heavy atom. The summed E-state index contributed by atoms with van der Waals surface area (Å²) in [6.07, 6.45) is 3.88. The Bertz CT molecular complexity index is 185. The minimum absolute atomic E-state index is 0.00676. The van der Waals surface area contributed by atoms with Gasteiger partial charge in [-0.1, -0.05) is 40.5 Å². The molecule has 0 aliphatic rings. The predicted molar refractivity (Wildman–Crippen MR) is 64.6 cm³/mol. The van der Waals surface area contributed by atoms with E-state index in [4.69, 9.17) is 5.73 Å². The van der Waals surface area contributed by atoms with Crippen molar-refractivity contribution in [2.45, 2.75) is 59.4 Å². The SMILES string of the molecule is CCCC[C@H](N)C(=O)NCCC(C)(C)C. The van der Waals surface area contributed by atoms with E-state index in [0.717, 1.165) is 32.2 Å². The van der Waals surface area contributed by atoms with Gasteiger partial charge in [-0.25, -0.2) is 0 Å². The molecule has 0 aromatic heterocycles. The van der Waals surface area contributed by atoms with Crippen molar-refractivity contribution in [1.29, 1.82) is 0 Å². The fraction of sp³-hybridized carbons (Fsp3) is 0.917. The van der Waals surface area contributed by atoms with Gasteiger partial charge >= 0.3 is 0 Å². The molecule has 0 radical (unpaired) electrons. The number of rotatable bonds is 6. The molecule has 0 fully saturated rings. The molecule has 0 aromatic rings. The molecule has 0 aromatic carbocycles. The highest BCUT2D eigenvalue weighted by Crippen LogP contribution is 2.16. The van der Waals surface area contributed by atoms with Gasteiger partial charge in [-0.3, -0.25) is 4.79 Å². The van der Waals surface area contributed by atoms with Crippen LogP contribution in [0.5, 0.6) is 0 Å². The minimum atomic E-state index is -0.329. The molecule has 0 rings (SSSR count). The van der Waals surface area contributed by atoms with Crippen molar-refractivity contribution < 1.29 is 4.79 Å². The van der Waals surface area contributed by atoms with Crippen LogP contribution in [0.3, 0.4) is 0 Å². The van der Waals surface area contributed by atoms with Gasteiger partial charge in [-0.15, -0.1) is 0 Å². The molecule has 1 atom stereocenters. The van der Waals surface area contributed by atoms with Crippen molar-refractivity contribution in [3.8, 4) is 0 Å². The van der Waals surface area contributed by atoms with Crippen molar-refractivity contribution in [2.75, 3.05) is 6.54 Å². The fourth-order valence-corrected chi connectivity index (χ4v) is 1.25. The van der Waals surface area contributed by atoms with Gasteiger partial charge in [0.25, 0.3) is 0 Å². The number of amides is 1. The van der Waals surface area contributed by atoms with Crippen LogP contribution < -0.4 is 11.1 Å². The van der Waals surface area contributed by atoms with Crippen LogP contribution >= 0.6 is 0 Å². The zero-order chi connectivity index (χ0) is 11.9. The molecular weight excluding hydrogens is 188 g/mol. The summed E-state index contributed by atoms with van der Waals surface area (Å²) in [5.74, 6) is -0.00676. The first-order valence-corrected chi connectivity index (χ1v) is 5.90. The van der Waals surface area contributed by atoms with Crippen LogP contribution in [-0.2, 0) is 4.79 Å². The molecule has 0 unspecified atom stereocenters. The van der Waals surface area contributed by atoms with E-state index in [-0.39, 0.29) is 17.4 Å². The van der Waals surface area contributed by atoms with Crippen molar-refractivity contribution in [3.05, 3.63) is 0 Å². The standard InChI is InChI=1S/C12H26N2O/c1-5-6-7-10(13)11(15)14-9-8-12(2,3)4/h10H,5-9,13H2,1-4H3,(H,14,15)/t10-/m0/s1. The van der Waals surface area contributed by atoms with E-state index in [2.05, 4.69) is 33.0 Å². The summed E-state index contributed by atoms with van der Waals surface area (Å²) in [7, 11) is 0. The third kappa shape index (κ3) is 8.43. The maximum atomic E-state index is 11.5. The van der Waals surface area contributed by atoms with Gasteiger partial charge in [-0.2, -0.15) is 0 Å². The normalized spacial score (nSPS) is 13.7. The third-order valence-corrected chi connectivity index (χ3v) is 2.38. The van der Waals surface area contributed by atoms with Gasteiger partial charge in [0, 0.05) is 6.54 Å². The first-order chi connectivity index (χ1) is 6.87. The highest BCUT2D eigenvalue weighted by Gasteiger charge is 2.14. The molecule has 3 nitrogen and oxygen atoms in total. The first kappa shape index (κ1) is 14.4. The van der Waals surface area contributed by atoms with Gasteiger partial charge in [-0.05, 0) is 18.3 Å². The van der Waals surface area contributed by atoms with Crippen LogP contribution in [-0.4, -0.2) is 18.5 Å². The Hall–Kier alpha value is -0.570. The Kier molecular flexibility index (Phi) is 6.57. The largest absolute Gasteiger partial charge is 0.355 e. The van der Waals surface area contributed by atoms with E-state index in [1.165, 1.54) is 0 Å². The molecule has 0 saturated carbocycles. The highest BCUT2D eigenvalue weighted by atomic mass is 16.2. The summed E-state index contributed by atoms with van der Waals surface area (Å²) in [4.78, 5) is 11.5. The molecule has 0 heterocycles. The van der Waals surface area contributed by atoms with Crippen LogP contribution in [0.1, 0.15) is 53.4 Å². The predicted octanol–water partition coefficient (Wildman–Crippen LogP) is 2.06. The van der Waals surface area contributed by atoms with E-state index in [1.807, 2.05) is 0 Å². The summed E-state index contributed by atoms with van der Waals surface area (Å²) in [6, 6.07) is -0.329. The molecule has 15 heavy (non-hydrogen) atoms. The van der Waals surface area contributed by atoms with Crippen molar-refractivity contribution in [2.24, 2.45) is 11.1 Å². The second-order valence-corrected chi connectivity index (χ2v) is 5.35. The maximum absolute atomic E-state index is 11.5. The van der Waals surface area contributed by atoms with E-state index < -0.39 is 0 Å². The lowest BCUT2D eigenvalue weighted by Gasteiger charge is -2.19. The van der Waals surface area contributed by atoms with Crippen LogP contribution in [0.4, 0.5) is 0 Å². The van der Waals surface area contributed by atoms with Crippen LogP contribution in [0.25, 0.3) is 0 Å². The number of nitrogens with two attached hydrogens (primary N) is 1. The van der Waals surface area contributed by atoms with Crippen LogP contribution in [0.2, 0.25) is 0 Å². The van der Waals surface area contributed by atoms with E-state index in [1.54, 1.807) is 0 Å². The summed E-state index contributed by atoms with van der Waals surface area (Å²) in [5, 5.41) is 2.88. The molecule has 0 bridgehead atoms. The summed E-state index contributed by atoms with van der Waals surface area (Å²) >= 11 is 0. The summed E-state index contributed by atoms with van der Waals surface area (Å²) in [5.41, 5.74) is 6.01. The third-order valence-electron chi connectivity index (χ3n) is 2.38. The molecule has 3 heteroatoms. The highest BCUT2D eigenvalue weighted by molar-refractivity contribution is 5.81. The molecule has 0 spiro atoms. The van der Waals surface area contributed by atoms with E-state index in [9.17, 15) is 4.79 Å². The number of nitrogens with one attached hydrogen (secondary N) is 1. The smallest absolute Gasteiger partial charge is 0.236 e. The molecule has 0 saturated heterocycles. The average molecular weight is 214 g/mol. The second kappa shape index (κ2) is 6.83. The number of carbonyl (C=O) groups excluding carboxylic acids is 1. The number of hydrogen-bond acceptors (Lipinski definition) is 2. The Morgan fingerprint density at radius 3 is 2.47 bits per heavy atom. The lowest BCUT2D eigenvalue weighted by Crippen LogP contribution is -2.41. The van der Waals surface area contributed by atoms with E-state index in [0.29, 0.717) is 0 Å². The molecule has 90 valence electrons. The monoisotopic (exact) mass is 214 g/mol. The van der Waals surface area contributed by atoms with Gasteiger partial charge in [0.15, 0.2) is 0 Å². The topological polar surface area (TPSA) is 55.1 Å². The van der Waals surface area contributed by atoms with Gasteiger partial charge in [0.05, 0.1) is 6.04 Å². The quantitative estimate of drug-likeness (QED) is 0.711. The lowest BCUT2D eigenvalue weighted by atomic mass is 9.92. The fourth-order valence-electron chi connectivity index (χ4n) is 1.25. The molecular formula is C12H26N2O. The average Bonchev–Trinajstić information content (AvgIpc) is 2.11. The maximum Gasteiger partial charge on any atom is 0.236 e. The minimum Gasteiger partial charge on any atom is -0.355 e. The second-order valence-electron chi connectivity index (χ2n) is 5.35. The first-order valence-electron chi connectivity index (χ1n) is 5.90. The van der Waals surface area contributed by atoms with Gasteiger partial charge in [0.2, 0.25) is 5.91 Å². The molecule has 0 aliphatic heterocycles. The Balaban J connectivity index is 3.64.